The monoisotopic (exact) mass is 286 g/mol. The summed E-state index contributed by atoms with van der Waals surface area (Å²) in [7, 11) is 5.40. The van der Waals surface area contributed by atoms with Crippen LogP contribution < -0.4 is 20.1 Å². The lowest BCUT2D eigenvalue weighted by Gasteiger charge is -2.20. The van der Waals surface area contributed by atoms with E-state index in [1.54, 1.807) is 14.2 Å². The third-order valence-corrected chi connectivity index (χ3v) is 3.50. The third kappa shape index (κ3) is 3.67. The highest BCUT2D eigenvalue weighted by Crippen LogP contribution is 2.23. The lowest BCUT2D eigenvalue weighted by molar-refractivity contribution is 0.409. The summed E-state index contributed by atoms with van der Waals surface area (Å²) in [6, 6.07) is 14.2. The summed E-state index contributed by atoms with van der Waals surface area (Å²) in [4.78, 5) is 2.18. The molecule has 0 atom stereocenters. The van der Waals surface area contributed by atoms with Crippen molar-refractivity contribution in [2.24, 2.45) is 5.73 Å². The summed E-state index contributed by atoms with van der Waals surface area (Å²) in [5.74, 6) is 1.71. The van der Waals surface area contributed by atoms with Crippen LogP contribution in [0.3, 0.4) is 0 Å². The normalized spacial score (nSPS) is 10.3. The van der Waals surface area contributed by atoms with Crippen molar-refractivity contribution in [1.29, 1.82) is 0 Å². The van der Waals surface area contributed by atoms with Crippen LogP contribution in [0, 0.1) is 0 Å². The Bertz CT molecular complexity index is 582. The zero-order valence-electron chi connectivity index (χ0n) is 12.8. The van der Waals surface area contributed by atoms with Crippen LogP contribution in [0.2, 0.25) is 0 Å². The van der Waals surface area contributed by atoms with Gasteiger partial charge in [0.1, 0.15) is 11.5 Å². The first-order valence-corrected chi connectivity index (χ1v) is 6.89. The Hall–Kier alpha value is -2.20. The van der Waals surface area contributed by atoms with Gasteiger partial charge < -0.3 is 20.1 Å². The van der Waals surface area contributed by atoms with Crippen LogP contribution in [0.4, 0.5) is 5.69 Å². The summed E-state index contributed by atoms with van der Waals surface area (Å²) < 4.78 is 10.6. The predicted molar refractivity (Wildman–Crippen MR) is 86.0 cm³/mol. The van der Waals surface area contributed by atoms with Gasteiger partial charge in [-0.2, -0.15) is 0 Å². The Morgan fingerprint density at radius 2 is 1.71 bits per heavy atom. The second kappa shape index (κ2) is 6.99. The van der Waals surface area contributed by atoms with Gasteiger partial charge in [0.15, 0.2) is 0 Å². The number of nitrogens with zero attached hydrogens (tertiary/aromatic N) is 1. The summed E-state index contributed by atoms with van der Waals surface area (Å²) in [5, 5.41) is 0. The number of hydrogen-bond acceptors (Lipinski definition) is 4. The van der Waals surface area contributed by atoms with Gasteiger partial charge in [0.2, 0.25) is 0 Å². The van der Waals surface area contributed by atoms with Crippen LogP contribution >= 0.6 is 0 Å². The Labute approximate surface area is 126 Å². The van der Waals surface area contributed by atoms with Gasteiger partial charge in [0.25, 0.3) is 0 Å². The van der Waals surface area contributed by atoms with Gasteiger partial charge in [-0.25, -0.2) is 0 Å². The number of rotatable bonds is 6. The summed E-state index contributed by atoms with van der Waals surface area (Å²) >= 11 is 0. The van der Waals surface area contributed by atoms with Crippen LogP contribution in [0.15, 0.2) is 42.5 Å². The predicted octanol–water partition coefficient (Wildman–Crippen LogP) is 2.80. The highest BCUT2D eigenvalue weighted by molar-refractivity contribution is 5.49. The van der Waals surface area contributed by atoms with Crippen molar-refractivity contribution >= 4 is 5.69 Å². The zero-order chi connectivity index (χ0) is 15.2. The van der Waals surface area contributed by atoms with Crippen LogP contribution in [-0.2, 0) is 13.1 Å². The van der Waals surface area contributed by atoms with Crippen molar-refractivity contribution in [2.45, 2.75) is 13.1 Å². The van der Waals surface area contributed by atoms with E-state index in [0.29, 0.717) is 6.54 Å². The maximum absolute atomic E-state index is 5.69. The molecule has 21 heavy (non-hydrogen) atoms. The van der Waals surface area contributed by atoms with E-state index in [-0.39, 0.29) is 0 Å². The second-order valence-corrected chi connectivity index (χ2v) is 4.90. The van der Waals surface area contributed by atoms with E-state index in [0.717, 1.165) is 29.3 Å². The summed E-state index contributed by atoms with van der Waals surface area (Å²) in [5.41, 5.74) is 9.03. The van der Waals surface area contributed by atoms with Crippen LogP contribution in [-0.4, -0.2) is 21.3 Å². The fourth-order valence-electron chi connectivity index (χ4n) is 2.26. The standard InChI is InChI=1S/C17H22N2O2/c1-19(15-6-8-16(20-2)9-7-15)12-13-4-5-14(11-18)17(10-13)21-3/h4-10H,11-12,18H2,1-3H3. The molecule has 0 spiro atoms. The molecule has 0 bridgehead atoms. The van der Waals surface area contributed by atoms with Crippen molar-refractivity contribution < 1.29 is 9.47 Å². The average Bonchev–Trinajstić information content (AvgIpc) is 2.54. The molecular weight excluding hydrogens is 264 g/mol. The van der Waals surface area contributed by atoms with Gasteiger partial charge in [-0.1, -0.05) is 12.1 Å². The maximum atomic E-state index is 5.69. The van der Waals surface area contributed by atoms with E-state index in [2.05, 4.69) is 18.0 Å². The molecule has 112 valence electrons. The minimum Gasteiger partial charge on any atom is -0.497 e. The maximum Gasteiger partial charge on any atom is 0.123 e. The van der Waals surface area contributed by atoms with Crippen molar-refractivity contribution in [3.63, 3.8) is 0 Å². The number of nitrogens with two attached hydrogens (primary N) is 1. The lowest BCUT2D eigenvalue weighted by Crippen LogP contribution is -2.16. The van der Waals surface area contributed by atoms with Crippen molar-refractivity contribution in [3.05, 3.63) is 53.6 Å². The molecule has 0 saturated heterocycles. The Kier molecular flexibility index (Phi) is 5.06. The molecule has 2 aromatic rings. The molecule has 2 N–H and O–H groups in total. The van der Waals surface area contributed by atoms with Crippen molar-refractivity contribution in [3.8, 4) is 11.5 Å². The smallest absolute Gasteiger partial charge is 0.123 e. The van der Waals surface area contributed by atoms with Gasteiger partial charge in [0.05, 0.1) is 14.2 Å². The Morgan fingerprint density at radius 1 is 1.00 bits per heavy atom. The molecule has 0 aliphatic rings. The average molecular weight is 286 g/mol. The lowest BCUT2D eigenvalue weighted by atomic mass is 10.1. The summed E-state index contributed by atoms with van der Waals surface area (Å²) in [6.45, 7) is 1.28. The van der Waals surface area contributed by atoms with E-state index >= 15 is 0 Å². The quantitative estimate of drug-likeness (QED) is 0.887. The number of benzene rings is 2. The minimum absolute atomic E-state index is 0.484. The topological polar surface area (TPSA) is 47.7 Å². The Morgan fingerprint density at radius 3 is 2.29 bits per heavy atom. The first-order valence-electron chi connectivity index (χ1n) is 6.89. The fourth-order valence-corrected chi connectivity index (χ4v) is 2.26. The molecule has 2 aromatic carbocycles. The van der Waals surface area contributed by atoms with E-state index in [9.17, 15) is 0 Å². The van der Waals surface area contributed by atoms with Gasteiger partial charge in [0, 0.05) is 31.4 Å². The molecule has 0 unspecified atom stereocenters. The van der Waals surface area contributed by atoms with Crippen LogP contribution in [0.1, 0.15) is 11.1 Å². The molecule has 0 heterocycles. The number of hydrogen-bond donors (Lipinski definition) is 1. The van der Waals surface area contributed by atoms with E-state index in [1.165, 1.54) is 5.56 Å². The third-order valence-electron chi connectivity index (χ3n) is 3.50. The number of ether oxygens (including phenoxy) is 2. The second-order valence-electron chi connectivity index (χ2n) is 4.90. The van der Waals surface area contributed by atoms with Crippen molar-refractivity contribution in [2.75, 3.05) is 26.2 Å². The molecule has 0 aliphatic carbocycles. The Balaban J connectivity index is 2.12. The largest absolute Gasteiger partial charge is 0.497 e. The molecule has 4 nitrogen and oxygen atoms in total. The van der Waals surface area contributed by atoms with E-state index < -0.39 is 0 Å². The minimum atomic E-state index is 0.484. The first kappa shape index (κ1) is 15.2. The fraction of sp³-hybridized carbons (Fsp3) is 0.294. The molecular formula is C17H22N2O2. The number of methoxy groups -OCH3 is 2. The summed E-state index contributed by atoms with van der Waals surface area (Å²) in [6.07, 6.45) is 0. The molecule has 0 saturated carbocycles. The highest BCUT2D eigenvalue weighted by atomic mass is 16.5. The van der Waals surface area contributed by atoms with Crippen LogP contribution in [0.25, 0.3) is 0 Å². The molecule has 0 amide bonds. The van der Waals surface area contributed by atoms with Gasteiger partial charge >= 0.3 is 0 Å². The highest BCUT2D eigenvalue weighted by Gasteiger charge is 2.06. The van der Waals surface area contributed by atoms with Gasteiger partial charge in [-0.3, -0.25) is 0 Å². The molecule has 0 aromatic heterocycles. The number of anilines is 1. The van der Waals surface area contributed by atoms with Crippen molar-refractivity contribution in [1.82, 2.24) is 0 Å². The molecule has 0 radical (unpaired) electrons. The molecule has 0 aliphatic heterocycles. The molecule has 2 rings (SSSR count). The van der Waals surface area contributed by atoms with E-state index in [1.807, 2.05) is 36.4 Å². The SMILES string of the molecule is COc1ccc(N(C)Cc2ccc(CN)c(OC)c2)cc1. The molecule has 4 heteroatoms. The van der Waals surface area contributed by atoms with E-state index in [4.69, 9.17) is 15.2 Å². The van der Waals surface area contributed by atoms with Gasteiger partial charge in [-0.05, 0) is 35.9 Å². The molecule has 0 fully saturated rings. The van der Waals surface area contributed by atoms with Crippen LogP contribution in [0.5, 0.6) is 11.5 Å². The zero-order valence-corrected chi connectivity index (χ0v) is 12.8. The van der Waals surface area contributed by atoms with Gasteiger partial charge in [-0.15, -0.1) is 0 Å². The first-order chi connectivity index (χ1) is 10.2.